The molecule has 2 aliphatic heterocycles. The van der Waals surface area contributed by atoms with E-state index in [2.05, 4.69) is 21.2 Å². The molecule has 1 fully saturated rings. The van der Waals surface area contributed by atoms with Crippen molar-refractivity contribution < 1.29 is 19.2 Å². The van der Waals surface area contributed by atoms with Crippen LogP contribution in [0.1, 0.15) is 59.9 Å². The van der Waals surface area contributed by atoms with Gasteiger partial charge in [0.15, 0.2) is 0 Å². The number of amides is 4. The number of fused-ring (bicyclic) bond motifs is 1. The molecular formula is C17H17BrN2O4. The molecule has 4 amide bonds. The number of carbonyl (C=O) groups excluding carboxylic acids is 4. The lowest BCUT2D eigenvalue weighted by Crippen LogP contribution is -2.54. The van der Waals surface area contributed by atoms with Crippen LogP contribution in [-0.2, 0) is 15.0 Å². The number of imide groups is 2. The Kier molecular flexibility index (Phi) is 3.86. The first-order chi connectivity index (χ1) is 11.1. The molecule has 1 aromatic rings. The number of halogens is 1. The van der Waals surface area contributed by atoms with Gasteiger partial charge in [0.05, 0.1) is 11.1 Å². The first kappa shape index (κ1) is 16.8. The number of hydrogen-bond acceptors (Lipinski definition) is 4. The van der Waals surface area contributed by atoms with E-state index >= 15 is 0 Å². The Hall–Kier alpha value is -2.02. The monoisotopic (exact) mass is 392 g/mol. The number of benzene rings is 1. The van der Waals surface area contributed by atoms with Gasteiger partial charge >= 0.3 is 0 Å². The Morgan fingerprint density at radius 3 is 2.38 bits per heavy atom. The van der Waals surface area contributed by atoms with E-state index in [9.17, 15) is 19.2 Å². The first-order valence-corrected chi connectivity index (χ1v) is 8.47. The molecule has 1 atom stereocenters. The fourth-order valence-corrected chi connectivity index (χ4v) is 4.21. The number of piperidine rings is 1. The van der Waals surface area contributed by atoms with Gasteiger partial charge in [-0.05, 0) is 39.4 Å². The summed E-state index contributed by atoms with van der Waals surface area (Å²) >= 11 is 3.46. The van der Waals surface area contributed by atoms with Crippen molar-refractivity contribution in [2.24, 2.45) is 0 Å². The number of rotatable bonds is 1. The Labute approximate surface area is 147 Å². The molecule has 2 heterocycles. The summed E-state index contributed by atoms with van der Waals surface area (Å²) in [4.78, 5) is 49.8. The minimum Gasteiger partial charge on any atom is -0.295 e. The first-order valence-electron chi connectivity index (χ1n) is 7.67. The Morgan fingerprint density at radius 2 is 1.79 bits per heavy atom. The quantitative estimate of drug-likeness (QED) is 0.742. The Morgan fingerprint density at radius 1 is 1.12 bits per heavy atom. The fourth-order valence-electron chi connectivity index (χ4n) is 3.10. The Bertz CT molecular complexity index is 795. The van der Waals surface area contributed by atoms with Crippen LogP contribution in [0.2, 0.25) is 0 Å². The van der Waals surface area contributed by atoms with Crippen LogP contribution in [-0.4, -0.2) is 34.6 Å². The largest absolute Gasteiger partial charge is 0.295 e. The molecule has 7 heteroatoms. The molecule has 0 spiro atoms. The maximum Gasteiger partial charge on any atom is 0.263 e. The number of nitrogens with zero attached hydrogens (tertiary/aromatic N) is 1. The van der Waals surface area contributed by atoms with Crippen molar-refractivity contribution >= 4 is 39.6 Å². The normalized spacial score (nSPS) is 21.2. The number of hydrogen-bond donors (Lipinski definition) is 1. The molecule has 0 radical (unpaired) electrons. The highest BCUT2D eigenvalue weighted by molar-refractivity contribution is 9.10. The molecule has 2 aliphatic rings. The van der Waals surface area contributed by atoms with Gasteiger partial charge in [-0.2, -0.15) is 0 Å². The highest BCUT2D eigenvalue weighted by Gasteiger charge is 2.46. The minimum atomic E-state index is -0.944. The lowest BCUT2D eigenvalue weighted by atomic mass is 9.85. The van der Waals surface area contributed by atoms with Crippen molar-refractivity contribution in [2.75, 3.05) is 0 Å². The summed E-state index contributed by atoms with van der Waals surface area (Å²) in [6.45, 7) is 6.04. The Balaban J connectivity index is 2.05. The lowest BCUT2D eigenvalue weighted by molar-refractivity contribution is -0.136. The van der Waals surface area contributed by atoms with Crippen LogP contribution in [0.5, 0.6) is 0 Å². The van der Waals surface area contributed by atoms with Gasteiger partial charge in [-0.1, -0.05) is 26.8 Å². The summed E-state index contributed by atoms with van der Waals surface area (Å²) in [6, 6.07) is 2.51. The van der Waals surface area contributed by atoms with Crippen LogP contribution in [0.4, 0.5) is 0 Å². The van der Waals surface area contributed by atoms with E-state index in [0.717, 1.165) is 10.5 Å². The molecule has 0 bridgehead atoms. The summed E-state index contributed by atoms with van der Waals surface area (Å²) in [5.74, 6) is -1.98. The van der Waals surface area contributed by atoms with E-state index in [1.54, 1.807) is 6.07 Å². The van der Waals surface area contributed by atoms with Gasteiger partial charge in [-0.15, -0.1) is 0 Å². The van der Waals surface area contributed by atoms with Crippen LogP contribution in [0.25, 0.3) is 0 Å². The van der Waals surface area contributed by atoms with E-state index in [1.807, 2.05) is 26.8 Å². The second-order valence-electron chi connectivity index (χ2n) is 7.05. The van der Waals surface area contributed by atoms with Gasteiger partial charge in [-0.3, -0.25) is 29.4 Å². The molecule has 1 aromatic carbocycles. The van der Waals surface area contributed by atoms with Gasteiger partial charge < -0.3 is 0 Å². The zero-order valence-corrected chi connectivity index (χ0v) is 15.2. The molecule has 1 saturated heterocycles. The molecule has 126 valence electrons. The predicted molar refractivity (Wildman–Crippen MR) is 89.5 cm³/mol. The van der Waals surface area contributed by atoms with E-state index in [4.69, 9.17) is 0 Å². The average molecular weight is 393 g/mol. The van der Waals surface area contributed by atoms with Crippen molar-refractivity contribution in [2.45, 2.75) is 45.1 Å². The highest BCUT2D eigenvalue weighted by Crippen LogP contribution is 2.38. The predicted octanol–water partition coefficient (Wildman–Crippen LogP) is 2.15. The second kappa shape index (κ2) is 5.51. The molecule has 0 aliphatic carbocycles. The third-order valence-corrected chi connectivity index (χ3v) is 5.18. The topological polar surface area (TPSA) is 83.6 Å². The third-order valence-electron chi connectivity index (χ3n) is 4.35. The third kappa shape index (κ3) is 2.47. The summed E-state index contributed by atoms with van der Waals surface area (Å²) in [5, 5.41) is 2.19. The highest BCUT2D eigenvalue weighted by atomic mass is 79.9. The molecule has 0 aromatic heterocycles. The maximum absolute atomic E-state index is 12.8. The molecule has 1 N–H and O–H groups in total. The van der Waals surface area contributed by atoms with Gasteiger partial charge in [-0.25, -0.2) is 0 Å². The molecule has 1 unspecified atom stereocenters. The van der Waals surface area contributed by atoms with E-state index < -0.39 is 23.8 Å². The maximum atomic E-state index is 12.8. The molecule has 0 saturated carbocycles. The van der Waals surface area contributed by atoms with Crippen LogP contribution in [0.15, 0.2) is 16.6 Å². The zero-order chi connectivity index (χ0) is 17.8. The minimum absolute atomic E-state index is 0.109. The fraction of sp³-hybridized carbons (Fsp3) is 0.412. The standard InChI is InChI=1S/C17H17BrN2O4/c1-17(2,3)9-5-4-8-12(13(9)18)16(24)20(15(8)23)10-6-7-11(21)19-14(10)22/h4-5,10H,6-7H2,1-3H3,(H,19,21,22). The van der Waals surface area contributed by atoms with Crippen LogP contribution >= 0.6 is 15.9 Å². The van der Waals surface area contributed by atoms with Crippen LogP contribution < -0.4 is 5.32 Å². The van der Waals surface area contributed by atoms with Crippen molar-refractivity contribution in [1.82, 2.24) is 10.2 Å². The summed E-state index contributed by atoms with van der Waals surface area (Å²) in [5.41, 5.74) is 1.27. The van der Waals surface area contributed by atoms with Gasteiger partial charge in [0.2, 0.25) is 11.8 Å². The van der Waals surface area contributed by atoms with Crippen molar-refractivity contribution in [3.05, 3.63) is 33.3 Å². The van der Waals surface area contributed by atoms with Gasteiger partial charge in [0, 0.05) is 10.9 Å². The summed E-state index contributed by atoms with van der Waals surface area (Å²) in [7, 11) is 0. The average Bonchev–Trinajstić information content (AvgIpc) is 2.71. The van der Waals surface area contributed by atoms with Gasteiger partial charge in [0.1, 0.15) is 6.04 Å². The molecular weight excluding hydrogens is 376 g/mol. The molecule has 24 heavy (non-hydrogen) atoms. The van der Waals surface area contributed by atoms with Gasteiger partial charge in [0.25, 0.3) is 11.8 Å². The number of carbonyl (C=O) groups is 4. The van der Waals surface area contributed by atoms with E-state index in [0.29, 0.717) is 4.47 Å². The molecule has 6 nitrogen and oxygen atoms in total. The zero-order valence-electron chi connectivity index (χ0n) is 13.6. The van der Waals surface area contributed by atoms with Crippen molar-refractivity contribution in [3.8, 4) is 0 Å². The molecule has 3 rings (SSSR count). The second-order valence-corrected chi connectivity index (χ2v) is 7.84. The SMILES string of the molecule is CC(C)(C)c1ccc2c(c1Br)C(=O)N(C1CCC(=O)NC1=O)C2=O. The summed E-state index contributed by atoms with van der Waals surface area (Å²) < 4.78 is 0.584. The van der Waals surface area contributed by atoms with E-state index in [1.165, 1.54) is 0 Å². The van der Waals surface area contributed by atoms with Crippen molar-refractivity contribution in [3.63, 3.8) is 0 Å². The van der Waals surface area contributed by atoms with Crippen LogP contribution in [0, 0.1) is 0 Å². The number of nitrogens with one attached hydrogen (secondary N) is 1. The smallest absolute Gasteiger partial charge is 0.263 e. The summed E-state index contributed by atoms with van der Waals surface area (Å²) in [6.07, 6.45) is 0.262. The van der Waals surface area contributed by atoms with Crippen molar-refractivity contribution in [1.29, 1.82) is 0 Å². The van der Waals surface area contributed by atoms with Crippen LogP contribution in [0.3, 0.4) is 0 Å². The lowest BCUT2D eigenvalue weighted by Gasteiger charge is -2.27. The van der Waals surface area contributed by atoms with E-state index in [-0.39, 0.29) is 35.3 Å².